The highest BCUT2D eigenvalue weighted by Crippen LogP contribution is 2.45. The van der Waals surface area contributed by atoms with Crippen molar-refractivity contribution >= 4 is 0 Å². The normalized spacial score (nSPS) is 27.1. The summed E-state index contributed by atoms with van der Waals surface area (Å²) in [4.78, 5) is 0. The predicted octanol–water partition coefficient (Wildman–Crippen LogP) is 2.51. The van der Waals surface area contributed by atoms with E-state index in [1.807, 2.05) is 32.0 Å². The van der Waals surface area contributed by atoms with E-state index in [0.29, 0.717) is 17.1 Å². The number of methoxy groups -OCH3 is 1. The van der Waals surface area contributed by atoms with Crippen molar-refractivity contribution in [2.45, 2.75) is 57.9 Å². The number of allylic oxidation sites excluding steroid dienone is 1. The lowest BCUT2D eigenvalue weighted by Crippen LogP contribution is -2.41. The molecule has 27 heavy (non-hydrogen) atoms. The second kappa shape index (κ2) is 8.07. The Kier molecular flexibility index (Phi) is 5.78. The van der Waals surface area contributed by atoms with Crippen molar-refractivity contribution in [3.8, 4) is 17.6 Å². The van der Waals surface area contributed by atoms with Gasteiger partial charge >= 0.3 is 0 Å². The van der Waals surface area contributed by atoms with Crippen LogP contribution in [0.1, 0.15) is 45.1 Å². The van der Waals surface area contributed by atoms with E-state index in [9.17, 15) is 5.26 Å². The Hall–Kier alpha value is -2.43. The number of nitrogens with two attached hydrogens (primary N) is 1. The zero-order valence-corrected chi connectivity index (χ0v) is 16.3. The number of rotatable bonds is 6. The Morgan fingerprint density at radius 1 is 1.30 bits per heavy atom. The van der Waals surface area contributed by atoms with Crippen molar-refractivity contribution in [1.82, 2.24) is 10.9 Å². The summed E-state index contributed by atoms with van der Waals surface area (Å²) >= 11 is 0. The second-order valence-corrected chi connectivity index (χ2v) is 7.24. The average molecular weight is 372 g/mol. The average Bonchev–Trinajstić information content (AvgIpc) is 3.03. The molecule has 1 aromatic rings. The molecule has 2 aliphatic rings. The molecule has 1 aromatic carbocycles. The van der Waals surface area contributed by atoms with Crippen LogP contribution in [0.3, 0.4) is 0 Å². The first-order valence-corrected chi connectivity index (χ1v) is 9.42. The van der Waals surface area contributed by atoms with Crippen molar-refractivity contribution in [1.29, 1.82) is 5.26 Å². The molecule has 0 amide bonds. The minimum Gasteiger partial charge on any atom is -0.493 e. The van der Waals surface area contributed by atoms with Gasteiger partial charge in [0, 0.05) is 17.9 Å². The van der Waals surface area contributed by atoms with Crippen LogP contribution in [-0.4, -0.2) is 25.5 Å². The Labute approximate surface area is 160 Å². The highest BCUT2D eigenvalue weighted by Gasteiger charge is 2.48. The third kappa shape index (κ3) is 3.68. The quantitative estimate of drug-likeness (QED) is 0.705. The molecule has 146 valence electrons. The molecule has 4 N–H and O–H groups in total. The second-order valence-electron chi connectivity index (χ2n) is 7.24. The van der Waals surface area contributed by atoms with Gasteiger partial charge in [-0.3, -0.25) is 5.43 Å². The zero-order valence-electron chi connectivity index (χ0n) is 16.3. The van der Waals surface area contributed by atoms with E-state index in [1.54, 1.807) is 7.11 Å². The molecule has 4 unspecified atom stereocenters. The highest BCUT2D eigenvalue weighted by molar-refractivity contribution is 5.49. The summed E-state index contributed by atoms with van der Waals surface area (Å²) in [5, 5.41) is 9.76. The molecule has 4 atom stereocenters. The van der Waals surface area contributed by atoms with Gasteiger partial charge in [0.15, 0.2) is 17.7 Å². The molecule has 3 rings (SSSR count). The Morgan fingerprint density at radius 2 is 2.07 bits per heavy atom. The van der Waals surface area contributed by atoms with Crippen LogP contribution < -0.4 is 26.1 Å². The lowest BCUT2D eigenvalue weighted by molar-refractivity contribution is 0.0336. The molecule has 0 spiro atoms. The smallest absolute Gasteiger partial charge is 0.200 e. The largest absolute Gasteiger partial charge is 0.493 e. The van der Waals surface area contributed by atoms with Crippen LogP contribution >= 0.6 is 0 Å². The van der Waals surface area contributed by atoms with Crippen LogP contribution in [-0.2, 0) is 4.74 Å². The molecule has 0 aliphatic carbocycles. The monoisotopic (exact) mass is 372 g/mol. The van der Waals surface area contributed by atoms with Crippen molar-refractivity contribution in [2.24, 2.45) is 11.7 Å². The van der Waals surface area contributed by atoms with Gasteiger partial charge in [0.1, 0.15) is 6.07 Å². The van der Waals surface area contributed by atoms with E-state index in [1.165, 1.54) is 0 Å². The van der Waals surface area contributed by atoms with Gasteiger partial charge in [0.25, 0.3) is 0 Å². The van der Waals surface area contributed by atoms with Crippen LogP contribution in [0.5, 0.6) is 11.5 Å². The molecule has 2 heterocycles. The third-order valence-electron chi connectivity index (χ3n) is 5.07. The van der Waals surface area contributed by atoms with Crippen LogP contribution in [0, 0.1) is 17.2 Å². The van der Waals surface area contributed by atoms with Crippen molar-refractivity contribution < 1.29 is 14.2 Å². The van der Waals surface area contributed by atoms with E-state index in [4.69, 9.17) is 19.9 Å². The summed E-state index contributed by atoms with van der Waals surface area (Å²) in [6.07, 6.45) is 1.76. The van der Waals surface area contributed by atoms with E-state index in [2.05, 4.69) is 23.8 Å². The molecule has 0 bridgehead atoms. The van der Waals surface area contributed by atoms with Gasteiger partial charge in [-0.25, -0.2) is 5.43 Å². The number of hydrogen-bond donors (Lipinski definition) is 3. The van der Waals surface area contributed by atoms with Crippen molar-refractivity contribution in [3.63, 3.8) is 0 Å². The summed E-state index contributed by atoms with van der Waals surface area (Å²) in [5.41, 5.74) is 14.0. The predicted molar refractivity (Wildman–Crippen MR) is 102 cm³/mol. The number of hydrogen-bond acceptors (Lipinski definition) is 7. The molecule has 2 aliphatic heterocycles. The molecule has 0 radical (unpaired) electrons. The zero-order chi connectivity index (χ0) is 19.6. The summed E-state index contributed by atoms with van der Waals surface area (Å²) in [6.45, 7) is 6.09. The maximum absolute atomic E-state index is 9.76. The van der Waals surface area contributed by atoms with E-state index >= 15 is 0 Å². The SMILES string of the molecule is CCCC1NNC2OC(N)=C(C#N)C(c3ccc(OC(C)C)c(OC)c3)C12. The van der Waals surface area contributed by atoms with Gasteiger partial charge in [-0.2, -0.15) is 5.26 Å². The van der Waals surface area contributed by atoms with Crippen LogP contribution in [0.4, 0.5) is 0 Å². The van der Waals surface area contributed by atoms with Gasteiger partial charge in [-0.15, -0.1) is 0 Å². The van der Waals surface area contributed by atoms with Crippen LogP contribution in [0.25, 0.3) is 0 Å². The van der Waals surface area contributed by atoms with Gasteiger partial charge in [-0.1, -0.05) is 19.4 Å². The number of benzene rings is 1. The van der Waals surface area contributed by atoms with E-state index < -0.39 is 0 Å². The summed E-state index contributed by atoms with van der Waals surface area (Å²) in [7, 11) is 1.62. The molecule has 1 saturated heterocycles. The Morgan fingerprint density at radius 3 is 2.70 bits per heavy atom. The van der Waals surface area contributed by atoms with Crippen LogP contribution in [0.2, 0.25) is 0 Å². The molecule has 0 saturated carbocycles. The van der Waals surface area contributed by atoms with Gasteiger partial charge in [0.05, 0.1) is 18.8 Å². The minimum atomic E-state index is -0.277. The van der Waals surface area contributed by atoms with Gasteiger partial charge < -0.3 is 19.9 Å². The molecule has 1 fully saturated rings. The highest BCUT2D eigenvalue weighted by atomic mass is 16.5. The minimum absolute atomic E-state index is 0.0413. The number of nitriles is 1. The number of hydrazine groups is 1. The molecule has 7 heteroatoms. The molecule has 0 aromatic heterocycles. The third-order valence-corrected chi connectivity index (χ3v) is 5.07. The van der Waals surface area contributed by atoms with Gasteiger partial charge in [0.2, 0.25) is 5.88 Å². The summed E-state index contributed by atoms with van der Waals surface area (Å²) in [6, 6.07) is 8.27. The molecular weight excluding hydrogens is 344 g/mol. The van der Waals surface area contributed by atoms with Gasteiger partial charge in [-0.05, 0) is 38.0 Å². The fraction of sp³-hybridized carbons (Fsp3) is 0.550. The summed E-state index contributed by atoms with van der Waals surface area (Å²) < 4.78 is 17.1. The first-order valence-electron chi connectivity index (χ1n) is 9.42. The van der Waals surface area contributed by atoms with Crippen LogP contribution in [0.15, 0.2) is 29.7 Å². The van der Waals surface area contributed by atoms with Crippen molar-refractivity contribution in [2.75, 3.05) is 7.11 Å². The first-order chi connectivity index (χ1) is 13.0. The molecular formula is C20H28N4O3. The van der Waals surface area contributed by atoms with E-state index in [0.717, 1.165) is 18.4 Å². The lowest BCUT2D eigenvalue weighted by Gasteiger charge is -2.36. The standard InChI is InChI=1S/C20H28N4O3/c1-5-6-14-18-17(13(10-21)19(22)27-20(18)24-23-14)12-7-8-15(26-11(2)3)16(9-12)25-4/h7-9,11,14,17-18,20,23-24H,5-6,22H2,1-4H3. The fourth-order valence-electron chi connectivity index (χ4n) is 3.97. The fourth-order valence-corrected chi connectivity index (χ4v) is 3.97. The number of fused-ring (bicyclic) bond motifs is 1. The lowest BCUT2D eigenvalue weighted by atomic mass is 9.74. The molecule has 7 nitrogen and oxygen atoms in total. The van der Waals surface area contributed by atoms with Crippen molar-refractivity contribution in [3.05, 3.63) is 35.2 Å². The maximum Gasteiger partial charge on any atom is 0.200 e. The number of nitrogens with zero attached hydrogens (tertiary/aromatic N) is 1. The Balaban J connectivity index is 2.05. The first kappa shape index (κ1) is 19.3. The summed E-state index contributed by atoms with van der Waals surface area (Å²) in [5.74, 6) is 1.37. The number of nitrogens with one attached hydrogen (secondary N) is 2. The van der Waals surface area contributed by atoms with E-state index in [-0.39, 0.29) is 36.1 Å². The maximum atomic E-state index is 9.76. The number of ether oxygens (including phenoxy) is 3. The Bertz CT molecular complexity index is 756. The topological polar surface area (TPSA) is 102 Å².